The van der Waals surface area contributed by atoms with Crippen molar-refractivity contribution in [3.05, 3.63) is 29.8 Å². The molecule has 0 aliphatic heterocycles. The van der Waals surface area contributed by atoms with Gasteiger partial charge in [-0.05, 0) is 26.3 Å². The highest BCUT2D eigenvalue weighted by atomic mass is 16.6. The zero-order valence-electron chi connectivity index (χ0n) is 11.3. The molecule has 6 heteroatoms. The van der Waals surface area contributed by atoms with E-state index in [-0.39, 0.29) is 12.3 Å². The molecule has 1 aromatic carbocycles. The smallest absolute Gasteiger partial charge is 0.426 e. The predicted molar refractivity (Wildman–Crippen MR) is 73.0 cm³/mol. The van der Waals surface area contributed by atoms with Gasteiger partial charge in [-0.1, -0.05) is 29.7 Å². The molecule has 0 atom stereocenters. The number of amides is 2. The summed E-state index contributed by atoms with van der Waals surface area (Å²) in [5.74, 6) is -0.337. The standard InChI is InChI=1S/C13H17BN2O3/c1-13(2,3)19-12(18)16-15-11(17)8-9-4-6-10(14)7-5-9/h4-7H,8H2,1-3H3,(H,15,17)(H,16,18). The zero-order chi connectivity index (χ0) is 14.5. The first-order valence-corrected chi connectivity index (χ1v) is 5.88. The van der Waals surface area contributed by atoms with Crippen molar-refractivity contribution in [3.8, 4) is 0 Å². The Kier molecular flexibility index (Phi) is 4.98. The van der Waals surface area contributed by atoms with Crippen molar-refractivity contribution in [1.29, 1.82) is 0 Å². The molecule has 0 spiro atoms. The van der Waals surface area contributed by atoms with Gasteiger partial charge in [0.15, 0.2) is 0 Å². The molecular formula is C13H17BN2O3. The summed E-state index contributed by atoms with van der Waals surface area (Å²) < 4.78 is 4.97. The van der Waals surface area contributed by atoms with Crippen LogP contribution in [0.5, 0.6) is 0 Å². The van der Waals surface area contributed by atoms with Crippen LogP contribution in [0.15, 0.2) is 24.3 Å². The van der Waals surface area contributed by atoms with E-state index in [2.05, 4.69) is 10.9 Å². The van der Waals surface area contributed by atoms with Gasteiger partial charge in [0.1, 0.15) is 13.4 Å². The number of carbonyl (C=O) groups excluding carboxylic acids is 2. The molecule has 0 aromatic heterocycles. The first-order chi connectivity index (χ1) is 8.76. The van der Waals surface area contributed by atoms with Crippen LogP contribution in [0, 0.1) is 0 Å². The summed E-state index contributed by atoms with van der Waals surface area (Å²) in [6.07, 6.45) is -0.547. The third kappa shape index (κ3) is 6.50. The number of hydrogen-bond acceptors (Lipinski definition) is 3. The average Bonchev–Trinajstić information content (AvgIpc) is 2.27. The number of nitrogens with one attached hydrogen (secondary N) is 2. The van der Waals surface area contributed by atoms with Gasteiger partial charge in [-0.2, -0.15) is 0 Å². The van der Waals surface area contributed by atoms with Crippen molar-refractivity contribution in [2.75, 3.05) is 0 Å². The second kappa shape index (κ2) is 6.27. The maximum absolute atomic E-state index is 11.6. The zero-order valence-corrected chi connectivity index (χ0v) is 11.3. The summed E-state index contributed by atoms with van der Waals surface area (Å²) in [5.41, 5.74) is 5.29. The maximum atomic E-state index is 11.6. The van der Waals surface area contributed by atoms with Crippen LogP contribution in [0.1, 0.15) is 26.3 Å². The number of hydrogen-bond donors (Lipinski definition) is 2. The van der Waals surface area contributed by atoms with Gasteiger partial charge in [-0.25, -0.2) is 10.2 Å². The van der Waals surface area contributed by atoms with Crippen molar-refractivity contribution >= 4 is 25.3 Å². The second-order valence-electron chi connectivity index (χ2n) is 5.09. The normalized spacial score (nSPS) is 10.7. The summed E-state index contributed by atoms with van der Waals surface area (Å²) in [7, 11) is 5.54. The lowest BCUT2D eigenvalue weighted by Crippen LogP contribution is -2.44. The Morgan fingerprint density at radius 1 is 1.16 bits per heavy atom. The summed E-state index contributed by atoms with van der Waals surface area (Å²) in [5, 5.41) is 0. The predicted octanol–water partition coefficient (Wildman–Crippen LogP) is 0.579. The molecule has 5 nitrogen and oxygen atoms in total. The van der Waals surface area contributed by atoms with Crippen LogP contribution in [0.4, 0.5) is 4.79 Å². The monoisotopic (exact) mass is 260 g/mol. The van der Waals surface area contributed by atoms with Crippen LogP contribution in [0.3, 0.4) is 0 Å². The molecule has 0 fully saturated rings. The average molecular weight is 260 g/mol. The molecular weight excluding hydrogens is 243 g/mol. The quantitative estimate of drug-likeness (QED) is 0.603. The van der Waals surface area contributed by atoms with Crippen molar-refractivity contribution < 1.29 is 14.3 Å². The fraction of sp³-hybridized carbons (Fsp3) is 0.385. The topological polar surface area (TPSA) is 67.4 Å². The maximum Gasteiger partial charge on any atom is 0.426 e. The number of carbonyl (C=O) groups is 2. The van der Waals surface area contributed by atoms with E-state index in [1.807, 2.05) is 0 Å². The van der Waals surface area contributed by atoms with Crippen LogP contribution in [0.2, 0.25) is 0 Å². The highest BCUT2D eigenvalue weighted by molar-refractivity contribution is 6.32. The summed E-state index contributed by atoms with van der Waals surface area (Å²) in [6.45, 7) is 5.22. The van der Waals surface area contributed by atoms with Crippen LogP contribution in [-0.2, 0) is 16.0 Å². The molecule has 0 bridgehead atoms. The van der Waals surface area contributed by atoms with Crippen LogP contribution >= 0.6 is 0 Å². The molecule has 0 heterocycles. The van der Waals surface area contributed by atoms with Crippen molar-refractivity contribution in [2.45, 2.75) is 32.8 Å². The Bertz CT molecular complexity index is 452. The molecule has 0 saturated carbocycles. The molecule has 0 unspecified atom stereocenters. The molecule has 2 amide bonds. The fourth-order valence-corrected chi connectivity index (χ4v) is 1.29. The first-order valence-electron chi connectivity index (χ1n) is 5.88. The fourth-order valence-electron chi connectivity index (χ4n) is 1.29. The van der Waals surface area contributed by atoms with Crippen LogP contribution < -0.4 is 16.3 Å². The van der Waals surface area contributed by atoms with Crippen molar-refractivity contribution in [3.63, 3.8) is 0 Å². The third-order valence-electron chi connectivity index (χ3n) is 2.05. The van der Waals surface area contributed by atoms with Crippen LogP contribution in [-0.4, -0.2) is 25.4 Å². The van der Waals surface area contributed by atoms with Crippen molar-refractivity contribution in [2.24, 2.45) is 0 Å². The molecule has 0 aliphatic carbocycles. The Hall–Kier alpha value is -1.98. The van der Waals surface area contributed by atoms with E-state index in [1.165, 1.54) is 0 Å². The molecule has 2 N–H and O–H groups in total. The lowest BCUT2D eigenvalue weighted by Gasteiger charge is -2.19. The van der Waals surface area contributed by atoms with Gasteiger partial charge in [0.05, 0.1) is 6.42 Å². The van der Waals surface area contributed by atoms with Gasteiger partial charge in [0.25, 0.3) is 0 Å². The van der Waals surface area contributed by atoms with Gasteiger partial charge in [-0.3, -0.25) is 10.2 Å². The molecule has 2 radical (unpaired) electrons. The first kappa shape index (κ1) is 15.1. The number of rotatable bonds is 2. The highest BCUT2D eigenvalue weighted by Crippen LogP contribution is 2.05. The van der Waals surface area contributed by atoms with Gasteiger partial charge in [0.2, 0.25) is 5.91 Å². The summed E-state index contributed by atoms with van der Waals surface area (Å²) in [6, 6.07) is 6.93. The number of hydrazine groups is 1. The van der Waals surface area contributed by atoms with E-state index in [9.17, 15) is 9.59 Å². The van der Waals surface area contributed by atoms with E-state index in [1.54, 1.807) is 45.0 Å². The van der Waals surface area contributed by atoms with Crippen molar-refractivity contribution in [1.82, 2.24) is 10.9 Å². The van der Waals surface area contributed by atoms with Gasteiger partial charge >= 0.3 is 6.09 Å². The Morgan fingerprint density at radius 2 is 1.74 bits per heavy atom. The molecule has 19 heavy (non-hydrogen) atoms. The van der Waals surface area contributed by atoms with E-state index in [0.29, 0.717) is 5.46 Å². The lowest BCUT2D eigenvalue weighted by molar-refractivity contribution is -0.121. The lowest BCUT2D eigenvalue weighted by atomic mass is 9.95. The Morgan fingerprint density at radius 3 is 2.26 bits per heavy atom. The largest absolute Gasteiger partial charge is 0.443 e. The van der Waals surface area contributed by atoms with Gasteiger partial charge in [-0.15, -0.1) is 0 Å². The Balaban J connectivity index is 2.36. The van der Waals surface area contributed by atoms with E-state index < -0.39 is 11.7 Å². The molecule has 1 aromatic rings. The van der Waals surface area contributed by atoms with Crippen LogP contribution in [0.25, 0.3) is 0 Å². The molecule has 1 rings (SSSR count). The highest BCUT2D eigenvalue weighted by Gasteiger charge is 2.16. The minimum Gasteiger partial charge on any atom is -0.443 e. The second-order valence-corrected chi connectivity index (χ2v) is 5.09. The Labute approximate surface area is 114 Å². The van der Waals surface area contributed by atoms with E-state index >= 15 is 0 Å². The SMILES string of the molecule is [B]c1ccc(CC(=O)NNC(=O)OC(C)(C)C)cc1. The van der Waals surface area contributed by atoms with Gasteiger partial charge < -0.3 is 4.74 Å². The summed E-state index contributed by atoms with van der Waals surface area (Å²) in [4.78, 5) is 22.9. The van der Waals surface area contributed by atoms with Gasteiger partial charge in [0, 0.05) is 0 Å². The van der Waals surface area contributed by atoms with E-state index in [0.717, 1.165) is 5.56 Å². The molecule has 0 aliphatic rings. The molecule has 0 saturated heterocycles. The number of ether oxygens (including phenoxy) is 1. The minimum atomic E-state index is -0.696. The van der Waals surface area contributed by atoms with E-state index in [4.69, 9.17) is 12.6 Å². The summed E-state index contributed by atoms with van der Waals surface area (Å²) >= 11 is 0. The molecule has 100 valence electrons. The number of benzene rings is 1. The minimum absolute atomic E-state index is 0.149. The third-order valence-corrected chi connectivity index (χ3v) is 2.05.